The Hall–Kier alpha value is -3.14. The molecular weight excluding hydrogens is 300 g/mol. The molecule has 0 bridgehead atoms. The van der Waals surface area contributed by atoms with Crippen molar-refractivity contribution < 1.29 is 9.52 Å². The first-order chi connectivity index (χ1) is 11.6. The zero-order valence-electron chi connectivity index (χ0n) is 13.3. The van der Waals surface area contributed by atoms with E-state index in [1.165, 1.54) is 24.5 Å². The first-order valence-corrected chi connectivity index (χ1v) is 7.78. The predicted molar refractivity (Wildman–Crippen MR) is 93.2 cm³/mol. The van der Waals surface area contributed by atoms with Gasteiger partial charge in [-0.2, -0.15) is 4.73 Å². The minimum absolute atomic E-state index is 0.123. The topological polar surface area (TPSA) is 56.0 Å². The second kappa shape index (κ2) is 6.96. The lowest BCUT2D eigenvalue weighted by atomic mass is 10.0. The van der Waals surface area contributed by atoms with Crippen molar-refractivity contribution in [3.63, 3.8) is 0 Å². The van der Waals surface area contributed by atoms with Crippen LogP contribution in [0.1, 0.15) is 28.9 Å². The normalized spacial score (nSPS) is 11.7. The number of hydrogen-bond donors (Lipinski definition) is 1. The van der Waals surface area contributed by atoms with Gasteiger partial charge in [0.1, 0.15) is 0 Å². The third-order valence-electron chi connectivity index (χ3n) is 3.93. The molecular formula is C20H18N2O2. The molecule has 0 radical (unpaired) electrons. The Morgan fingerprint density at radius 2 is 1.50 bits per heavy atom. The molecule has 0 saturated carbocycles. The third-order valence-corrected chi connectivity index (χ3v) is 3.93. The molecule has 0 aliphatic heterocycles. The second-order valence-electron chi connectivity index (χ2n) is 5.63. The van der Waals surface area contributed by atoms with Crippen molar-refractivity contribution in [1.82, 2.24) is 5.32 Å². The van der Waals surface area contributed by atoms with Gasteiger partial charge in [0.15, 0.2) is 12.4 Å². The first kappa shape index (κ1) is 15.7. The Bertz CT molecular complexity index is 813. The van der Waals surface area contributed by atoms with Crippen LogP contribution < -0.4 is 10.0 Å². The fourth-order valence-corrected chi connectivity index (χ4v) is 2.52. The summed E-state index contributed by atoms with van der Waals surface area (Å²) >= 11 is 0. The summed E-state index contributed by atoms with van der Waals surface area (Å²) in [6, 6.07) is 21.2. The Morgan fingerprint density at radius 3 is 2.12 bits per heavy atom. The molecule has 3 rings (SSSR count). The van der Waals surface area contributed by atoms with Gasteiger partial charge >= 0.3 is 0 Å². The molecule has 1 atom stereocenters. The van der Waals surface area contributed by atoms with Crippen molar-refractivity contribution in [2.75, 3.05) is 0 Å². The van der Waals surface area contributed by atoms with Gasteiger partial charge in [-0.1, -0.05) is 54.6 Å². The lowest BCUT2D eigenvalue weighted by molar-refractivity contribution is -0.605. The molecule has 0 spiro atoms. The van der Waals surface area contributed by atoms with Gasteiger partial charge in [0.05, 0.1) is 11.6 Å². The number of rotatable bonds is 4. The van der Waals surface area contributed by atoms with Gasteiger partial charge in [-0.05, 0) is 23.6 Å². The van der Waals surface area contributed by atoms with Gasteiger partial charge in [-0.3, -0.25) is 4.79 Å². The Balaban J connectivity index is 1.70. The van der Waals surface area contributed by atoms with Gasteiger partial charge in [0, 0.05) is 12.1 Å². The van der Waals surface area contributed by atoms with Crippen LogP contribution in [0.25, 0.3) is 11.1 Å². The number of hydrogen-bond acceptors (Lipinski definition) is 2. The van der Waals surface area contributed by atoms with Crippen LogP contribution in [0.4, 0.5) is 0 Å². The van der Waals surface area contributed by atoms with Crippen molar-refractivity contribution in [3.05, 3.63) is 95.5 Å². The third kappa shape index (κ3) is 3.60. The predicted octanol–water partition coefficient (Wildman–Crippen LogP) is 3.48. The molecule has 0 saturated heterocycles. The van der Waals surface area contributed by atoms with Crippen LogP contribution in [0.2, 0.25) is 0 Å². The largest absolute Gasteiger partial charge is 0.619 e. The van der Waals surface area contributed by atoms with Gasteiger partial charge in [-0.15, -0.1) is 0 Å². The van der Waals surface area contributed by atoms with E-state index < -0.39 is 0 Å². The van der Waals surface area contributed by atoms with Crippen LogP contribution in [-0.4, -0.2) is 5.91 Å². The monoisotopic (exact) mass is 318 g/mol. The summed E-state index contributed by atoms with van der Waals surface area (Å²) in [5.74, 6) is -0.199. The second-order valence-corrected chi connectivity index (χ2v) is 5.63. The van der Waals surface area contributed by atoms with E-state index in [9.17, 15) is 10.0 Å². The highest BCUT2D eigenvalue weighted by atomic mass is 16.5. The highest BCUT2D eigenvalue weighted by molar-refractivity contribution is 5.94. The summed E-state index contributed by atoms with van der Waals surface area (Å²) in [6.45, 7) is 1.94. The van der Waals surface area contributed by atoms with E-state index in [4.69, 9.17) is 0 Å². The van der Waals surface area contributed by atoms with E-state index in [0.29, 0.717) is 10.3 Å². The van der Waals surface area contributed by atoms with Crippen LogP contribution in [0.5, 0.6) is 0 Å². The molecule has 2 aromatic carbocycles. The average molecular weight is 318 g/mol. The number of nitrogens with one attached hydrogen (secondary N) is 1. The maximum Gasteiger partial charge on any atom is 0.252 e. The summed E-state index contributed by atoms with van der Waals surface area (Å²) in [4.78, 5) is 12.2. The molecule has 1 amide bonds. The molecule has 0 unspecified atom stereocenters. The molecule has 120 valence electrons. The fourth-order valence-electron chi connectivity index (χ4n) is 2.52. The molecule has 24 heavy (non-hydrogen) atoms. The van der Waals surface area contributed by atoms with Gasteiger partial charge < -0.3 is 10.5 Å². The fraction of sp³-hybridized carbons (Fsp3) is 0.100. The van der Waals surface area contributed by atoms with Crippen LogP contribution in [0.3, 0.4) is 0 Å². The number of nitrogens with zero attached hydrogens (tertiary/aromatic N) is 1. The SMILES string of the molecule is C[C@H](NC(=O)c1cc[n+]([O-])cc1)c1ccc(-c2ccccc2)cc1. The number of carbonyl (C=O) groups excluding carboxylic acids is 1. The van der Waals surface area contributed by atoms with E-state index in [1.807, 2.05) is 37.3 Å². The van der Waals surface area contributed by atoms with Crippen molar-refractivity contribution in [3.8, 4) is 11.1 Å². The van der Waals surface area contributed by atoms with Gasteiger partial charge in [0.2, 0.25) is 0 Å². The molecule has 0 fully saturated rings. The maximum atomic E-state index is 12.2. The highest BCUT2D eigenvalue weighted by Gasteiger charge is 2.12. The molecule has 3 aromatic rings. The minimum atomic E-state index is -0.199. The smallest absolute Gasteiger partial charge is 0.252 e. The highest BCUT2D eigenvalue weighted by Crippen LogP contribution is 2.21. The Morgan fingerprint density at radius 1 is 0.917 bits per heavy atom. The van der Waals surface area contributed by atoms with Crippen LogP contribution in [0, 0.1) is 5.21 Å². The van der Waals surface area contributed by atoms with E-state index in [1.54, 1.807) is 0 Å². The minimum Gasteiger partial charge on any atom is -0.619 e. The number of aromatic nitrogens is 1. The maximum absolute atomic E-state index is 12.2. The molecule has 1 heterocycles. The van der Waals surface area contributed by atoms with Crippen LogP contribution >= 0.6 is 0 Å². The molecule has 1 aromatic heterocycles. The van der Waals surface area contributed by atoms with E-state index in [2.05, 4.69) is 29.6 Å². The number of amides is 1. The average Bonchev–Trinajstić information content (AvgIpc) is 2.63. The first-order valence-electron chi connectivity index (χ1n) is 7.78. The lowest BCUT2D eigenvalue weighted by Crippen LogP contribution is -2.29. The van der Waals surface area contributed by atoms with Gasteiger partial charge in [-0.25, -0.2) is 0 Å². The summed E-state index contributed by atoms with van der Waals surface area (Å²) in [5.41, 5.74) is 3.80. The number of pyridine rings is 1. The zero-order valence-corrected chi connectivity index (χ0v) is 13.3. The van der Waals surface area contributed by atoms with E-state index >= 15 is 0 Å². The van der Waals surface area contributed by atoms with Crippen molar-refractivity contribution in [2.24, 2.45) is 0 Å². The van der Waals surface area contributed by atoms with E-state index in [0.717, 1.165) is 16.7 Å². The van der Waals surface area contributed by atoms with Crippen molar-refractivity contribution in [1.29, 1.82) is 0 Å². The van der Waals surface area contributed by atoms with Crippen molar-refractivity contribution >= 4 is 5.91 Å². The van der Waals surface area contributed by atoms with Crippen LogP contribution in [-0.2, 0) is 0 Å². The van der Waals surface area contributed by atoms with Crippen LogP contribution in [0.15, 0.2) is 79.1 Å². The standard InChI is InChI=1S/C20H18N2O2/c1-15(21-20(23)19-11-13-22(24)14-12-19)16-7-9-18(10-8-16)17-5-3-2-4-6-17/h2-15H,1H3,(H,21,23)/t15-/m0/s1. The number of carbonyl (C=O) groups is 1. The Kier molecular flexibility index (Phi) is 4.57. The summed E-state index contributed by atoms with van der Waals surface area (Å²) in [6.07, 6.45) is 2.63. The van der Waals surface area contributed by atoms with Crippen molar-refractivity contribution in [2.45, 2.75) is 13.0 Å². The molecule has 0 aliphatic carbocycles. The summed E-state index contributed by atoms with van der Waals surface area (Å²) < 4.78 is 0.655. The molecule has 4 heteroatoms. The lowest BCUT2D eigenvalue weighted by Gasteiger charge is -2.15. The van der Waals surface area contributed by atoms with E-state index in [-0.39, 0.29) is 11.9 Å². The summed E-state index contributed by atoms with van der Waals surface area (Å²) in [5, 5.41) is 14.0. The molecule has 0 aliphatic rings. The summed E-state index contributed by atoms with van der Waals surface area (Å²) in [7, 11) is 0. The Labute approximate surface area is 141 Å². The molecule has 4 nitrogen and oxygen atoms in total. The quantitative estimate of drug-likeness (QED) is 0.591. The number of benzene rings is 2. The molecule has 1 N–H and O–H groups in total. The zero-order chi connectivity index (χ0) is 16.9. The van der Waals surface area contributed by atoms with Gasteiger partial charge in [0.25, 0.3) is 5.91 Å².